The van der Waals surface area contributed by atoms with Crippen molar-refractivity contribution in [1.29, 1.82) is 0 Å². The van der Waals surface area contributed by atoms with Crippen molar-refractivity contribution in [3.8, 4) is 11.1 Å². The van der Waals surface area contributed by atoms with Gasteiger partial charge in [-0.1, -0.05) is 48.5 Å². The Hall–Kier alpha value is -2.67. The van der Waals surface area contributed by atoms with Crippen LogP contribution in [0.15, 0.2) is 48.5 Å². The van der Waals surface area contributed by atoms with Crippen molar-refractivity contribution in [2.45, 2.75) is 26.7 Å². The van der Waals surface area contributed by atoms with Gasteiger partial charge in [0.25, 0.3) is 0 Å². The molecule has 1 amide bonds. The van der Waals surface area contributed by atoms with Crippen LogP contribution >= 0.6 is 22.6 Å². The zero-order valence-corrected chi connectivity index (χ0v) is 19.2. The number of halogens is 1. The molecule has 4 nitrogen and oxygen atoms in total. The van der Waals surface area contributed by atoms with E-state index in [4.69, 9.17) is 4.74 Å². The van der Waals surface area contributed by atoms with Crippen LogP contribution in [0.5, 0.6) is 0 Å². The highest BCUT2D eigenvalue weighted by atomic mass is 127. The number of benzene rings is 3. The highest BCUT2D eigenvalue weighted by molar-refractivity contribution is 14.1. The van der Waals surface area contributed by atoms with Gasteiger partial charge < -0.3 is 4.74 Å². The molecule has 0 aromatic heterocycles. The summed E-state index contributed by atoms with van der Waals surface area (Å²) in [5.74, 6) is 0.00836. The summed E-state index contributed by atoms with van der Waals surface area (Å²) in [7, 11) is 0. The molecule has 0 spiro atoms. The minimum atomic E-state index is -0.514. The van der Waals surface area contributed by atoms with Crippen molar-refractivity contribution in [1.82, 2.24) is 0 Å². The van der Waals surface area contributed by atoms with Gasteiger partial charge in [-0.2, -0.15) is 0 Å². The van der Waals surface area contributed by atoms with E-state index in [1.54, 1.807) is 0 Å². The third-order valence-electron chi connectivity index (χ3n) is 5.91. The van der Waals surface area contributed by atoms with Crippen LogP contribution in [0.3, 0.4) is 0 Å². The summed E-state index contributed by atoms with van der Waals surface area (Å²) in [5, 5.41) is 2.87. The Kier molecular flexibility index (Phi) is 5.64. The topological polar surface area (TPSA) is 55.4 Å². The van der Waals surface area contributed by atoms with E-state index in [-0.39, 0.29) is 12.5 Å². The number of carbonyl (C=O) groups is 2. The van der Waals surface area contributed by atoms with E-state index in [0.29, 0.717) is 11.3 Å². The van der Waals surface area contributed by atoms with Crippen molar-refractivity contribution >= 4 is 40.7 Å². The summed E-state index contributed by atoms with van der Waals surface area (Å²) in [6.07, 6.45) is 0.328. The molecule has 3 aromatic carbocycles. The molecule has 3 aromatic rings. The van der Waals surface area contributed by atoms with Gasteiger partial charge in [-0.3, -0.25) is 10.1 Å². The van der Waals surface area contributed by atoms with E-state index in [1.165, 1.54) is 22.3 Å². The number of amides is 1. The third-order valence-corrected chi connectivity index (χ3v) is 7.52. The number of hydrogen-bond donors (Lipinski definition) is 1. The molecule has 0 atom stereocenters. The monoisotopic (exact) mass is 511 g/mol. The van der Waals surface area contributed by atoms with E-state index in [0.717, 1.165) is 26.5 Å². The first-order valence-electron chi connectivity index (χ1n) is 9.80. The fraction of sp³-hybridized carbons (Fsp3) is 0.200. The third kappa shape index (κ3) is 3.41. The van der Waals surface area contributed by atoms with Crippen molar-refractivity contribution in [2.75, 3.05) is 11.9 Å². The number of ether oxygens (including phenoxy) is 1. The second-order valence-corrected chi connectivity index (χ2v) is 8.62. The molecule has 1 aliphatic rings. The summed E-state index contributed by atoms with van der Waals surface area (Å²) in [6.45, 7) is 5.96. The second-order valence-electron chi connectivity index (χ2n) is 7.55. The highest BCUT2D eigenvalue weighted by Gasteiger charge is 2.29. The fourth-order valence-corrected chi connectivity index (χ4v) is 4.87. The smallest absolute Gasteiger partial charge is 0.411 e. The number of nitrogens with one attached hydrogen (secondary N) is 1. The van der Waals surface area contributed by atoms with Gasteiger partial charge in [0.1, 0.15) is 6.61 Å². The SMILES string of the molecule is Cc1c(I)c(C)c(NC(=O)OCC2c3ccccc3-c3ccccc32)c(C)c1C=O. The maximum Gasteiger partial charge on any atom is 0.411 e. The van der Waals surface area contributed by atoms with Crippen molar-refractivity contribution in [3.63, 3.8) is 0 Å². The maximum absolute atomic E-state index is 12.7. The van der Waals surface area contributed by atoms with Crippen LogP contribution < -0.4 is 5.32 Å². The molecule has 152 valence electrons. The number of fused-ring (bicyclic) bond motifs is 3. The summed E-state index contributed by atoms with van der Waals surface area (Å²) >= 11 is 2.21. The number of anilines is 1. The average molecular weight is 511 g/mol. The van der Waals surface area contributed by atoms with Gasteiger partial charge in [-0.05, 0) is 82.3 Å². The standard InChI is InChI=1S/C25H22INO3/c1-14-21(12-28)15(2)24(16(3)23(14)26)27-25(29)30-13-22-19-10-6-4-8-17(19)18-9-5-7-11-20(18)22/h4-12,22H,13H2,1-3H3,(H,27,29). The molecule has 1 N–H and O–H groups in total. The highest BCUT2D eigenvalue weighted by Crippen LogP contribution is 2.44. The van der Waals surface area contributed by atoms with Crippen molar-refractivity contribution in [3.05, 3.63) is 85.5 Å². The molecule has 30 heavy (non-hydrogen) atoms. The molecule has 0 saturated carbocycles. The van der Waals surface area contributed by atoms with Gasteiger partial charge in [0.15, 0.2) is 6.29 Å². The summed E-state index contributed by atoms with van der Waals surface area (Å²) < 4.78 is 6.62. The van der Waals surface area contributed by atoms with Crippen LogP contribution in [-0.2, 0) is 4.74 Å². The van der Waals surface area contributed by atoms with E-state index >= 15 is 0 Å². The largest absolute Gasteiger partial charge is 0.448 e. The molecule has 0 aliphatic heterocycles. The minimum Gasteiger partial charge on any atom is -0.448 e. The molecule has 0 saturated heterocycles. The summed E-state index contributed by atoms with van der Waals surface area (Å²) in [4.78, 5) is 24.2. The van der Waals surface area contributed by atoms with Crippen LogP contribution in [0.25, 0.3) is 11.1 Å². The summed E-state index contributed by atoms with van der Waals surface area (Å²) in [6, 6.07) is 16.5. The number of rotatable bonds is 4. The van der Waals surface area contributed by atoms with E-state index in [1.807, 2.05) is 45.0 Å². The molecular weight excluding hydrogens is 489 g/mol. The van der Waals surface area contributed by atoms with E-state index in [9.17, 15) is 9.59 Å². The minimum absolute atomic E-state index is 0.00836. The van der Waals surface area contributed by atoms with Crippen LogP contribution in [0.1, 0.15) is 44.1 Å². The lowest BCUT2D eigenvalue weighted by Crippen LogP contribution is -2.20. The Morgan fingerprint density at radius 1 is 0.967 bits per heavy atom. The molecule has 0 heterocycles. The lowest BCUT2D eigenvalue weighted by Gasteiger charge is -2.19. The number of carbonyl (C=O) groups excluding carboxylic acids is 2. The van der Waals surface area contributed by atoms with Gasteiger partial charge in [0, 0.05) is 15.1 Å². The Labute approximate surface area is 189 Å². The Bertz CT molecular complexity index is 1120. The van der Waals surface area contributed by atoms with Gasteiger partial charge in [0.2, 0.25) is 0 Å². The van der Waals surface area contributed by atoms with E-state index < -0.39 is 6.09 Å². The Morgan fingerprint density at radius 2 is 1.53 bits per heavy atom. The van der Waals surface area contributed by atoms with E-state index in [2.05, 4.69) is 52.2 Å². The summed E-state index contributed by atoms with van der Waals surface area (Å²) in [5.41, 5.74) is 8.61. The number of hydrogen-bond acceptors (Lipinski definition) is 3. The van der Waals surface area contributed by atoms with Crippen LogP contribution in [0.4, 0.5) is 10.5 Å². The zero-order valence-electron chi connectivity index (χ0n) is 17.1. The second kappa shape index (κ2) is 8.22. The lowest BCUT2D eigenvalue weighted by atomic mass is 9.98. The van der Waals surface area contributed by atoms with Crippen LogP contribution in [-0.4, -0.2) is 19.0 Å². The fourth-order valence-electron chi connectivity index (χ4n) is 4.31. The Balaban J connectivity index is 1.56. The first-order chi connectivity index (χ1) is 14.4. The van der Waals surface area contributed by atoms with Crippen LogP contribution in [0, 0.1) is 24.3 Å². The molecule has 0 bridgehead atoms. The van der Waals surface area contributed by atoms with Gasteiger partial charge in [-0.25, -0.2) is 4.79 Å². The van der Waals surface area contributed by atoms with Gasteiger partial charge in [0.05, 0.1) is 5.69 Å². The predicted molar refractivity (Wildman–Crippen MR) is 127 cm³/mol. The maximum atomic E-state index is 12.7. The average Bonchev–Trinajstić information content (AvgIpc) is 3.08. The molecule has 5 heteroatoms. The first kappa shape index (κ1) is 20.6. The molecule has 1 aliphatic carbocycles. The van der Waals surface area contributed by atoms with Crippen molar-refractivity contribution in [2.24, 2.45) is 0 Å². The van der Waals surface area contributed by atoms with Gasteiger partial charge in [-0.15, -0.1) is 0 Å². The predicted octanol–water partition coefficient (Wildman–Crippen LogP) is 6.39. The normalized spacial score (nSPS) is 12.3. The molecule has 0 radical (unpaired) electrons. The quantitative estimate of drug-likeness (QED) is 0.326. The molecule has 0 unspecified atom stereocenters. The van der Waals surface area contributed by atoms with Gasteiger partial charge >= 0.3 is 6.09 Å². The lowest BCUT2D eigenvalue weighted by molar-refractivity contribution is 0.112. The first-order valence-corrected chi connectivity index (χ1v) is 10.9. The number of aldehydes is 1. The zero-order chi connectivity index (χ0) is 21.4. The molecule has 0 fully saturated rings. The van der Waals surface area contributed by atoms with Crippen LogP contribution in [0.2, 0.25) is 0 Å². The molecular formula is C25H22INO3. The Morgan fingerprint density at radius 3 is 2.10 bits per heavy atom. The van der Waals surface area contributed by atoms with Crippen molar-refractivity contribution < 1.29 is 14.3 Å². The molecule has 4 rings (SSSR count).